The van der Waals surface area contributed by atoms with Crippen molar-refractivity contribution in [2.75, 3.05) is 7.11 Å². The van der Waals surface area contributed by atoms with E-state index < -0.39 is 17.8 Å². The minimum Gasteiger partial charge on any atom is -0.496 e. The average molecular weight is 213 g/mol. The highest BCUT2D eigenvalue weighted by molar-refractivity contribution is 5.76. The van der Waals surface area contributed by atoms with Gasteiger partial charge in [0, 0.05) is 5.56 Å². The molecule has 0 heterocycles. The van der Waals surface area contributed by atoms with Crippen molar-refractivity contribution < 1.29 is 19.0 Å². The van der Waals surface area contributed by atoms with Crippen LogP contribution in [0.3, 0.4) is 0 Å². The molecule has 0 amide bonds. The zero-order valence-electron chi connectivity index (χ0n) is 8.45. The Hall–Kier alpha value is -1.62. The van der Waals surface area contributed by atoms with Crippen LogP contribution in [-0.4, -0.2) is 18.2 Å². The van der Waals surface area contributed by atoms with Crippen LogP contribution in [0.25, 0.3) is 0 Å². The van der Waals surface area contributed by atoms with E-state index in [-0.39, 0.29) is 5.56 Å². The summed E-state index contributed by atoms with van der Waals surface area (Å²) in [6.07, 6.45) is 0. The fraction of sp³-hybridized carbons (Fsp3) is 0.300. The molecule has 0 saturated carbocycles. The molecule has 1 rings (SSSR count). The maximum Gasteiger partial charge on any atom is 0.325 e. The maximum absolute atomic E-state index is 13.4. The summed E-state index contributed by atoms with van der Waals surface area (Å²) in [7, 11) is 1.43. The van der Waals surface area contributed by atoms with E-state index in [4.69, 9.17) is 15.6 Å². The number of methoxy groups -OCH3 is 1. The van der Waals surface area contributed by atoms with Gasteiger partial charge in [-0.05, 0) is 24.6 Å². The molecule has 1 aromatic rings. The summed E-state index contributed by atoms with van der Waals surface area (Å²) in [5, 5.41) is 8.72. The van der Waals surface area contributed by atoms with Crippen molar-refractivity contribution >= 4 is 5.97 Å². The van der Waals surface area contributed by atoms with Gasteiger partial charge in [0.1, 0.15) is 17.6 Å². The molecule has 1 atom stereocenters. The number of nitrogens with two attached hydrogens (primary N) is 1. The van der Waals surface area contributed by atoms with Gasteiger partial charge in [0.25, 0.3) is 0 Å². The zero-order chi connectivity index (χ0) is 11.6. The van der Waals surface area contributed by atoms with Crippen molar-refractivity contribution in [1.29, 1.82) is 0 Å². The Balaban J connectivity index is 3.32. The van der Waals surface area contributed by atoms with E-state index in [1.54, 1.807) is 6.92 Å². The standard InChI is InChI=1S/C10H12FNO3/c1-5-7(15-2)4-3-6(11)8(5)9(12)10(13)14/h3-4,9H,12H2,1-2H3,(H,13,14). The highest BCUT2D eigenvalue weighted by Crippen LogP contribution is 2.27. The van der Waals surface area contributed by atoms with Gasteiger partial charge in [-0.1, -0.05) is 0 Å². The lowest BCUT2D eigenvalue weighted by Crippen LogP contribution is -2.23. The molecule has 0 aliphatic rings. The van der Waals surface area contributed by atoms with Crippen molar-refractivity contribution in [2.24, 2.45) is 5.73 Å². The quantitative estimate of drug-likeness (QED) is 0.792. The Morgan fingerprint density at radius 3 is 2.67 bits per heavy atom. The van der Waals surface area contributed by atoms with Crippen LogP contribution < -0.4 is 10.5 Å². The Morgan fingerprint density at radius 2 is 2.20 bits per heavy atom. The SMILES string of the molecule is COc1ccc(F)c(C(N)C(=O)O)c1C. The molecule has 0 saturated heterocycles. The van der Waals surface area contributed by atoms with Crippen molar-refractivity contribution in [3.63, 3.8) is 0 Å². The van der Waals surface area contributed by atoms with E-state index in [9.17, 15) is 9.18 Å². The summed E-state index contributed by atoms with van der Waals surface area (Å²) in [6.45, 7) is 1.57. The van der Waals surface area contributed by atoms with Gasteiger partial charge in [0.2, 0.25) is 0 Å². The van der Waals surface area contributed by atoms with Gasteiger partial charge >= 0.3 is 5.97 Å². The number of hydrogen-bond acceptors (Lipinski definition) is 3. The van der Waals surface area contributed by atoms with E-state index in [0.717, 1.165) is 6.07 Å². The first-order valence-corrected chi connectivity index (χ1v) is 4.30. The molecule has 0 fully saturated rings. The Kier molecular flexibility index (Phi) is 3.26. The number of rotatable bonds is 3. The summed E-state index contributed by atoms with van der Waals surface area (Å²) in [5.41, 5.74) is 5.74. The molecule has 0 aliphatic carbocycles. The summed E-state index contributed by atoms with van der Waals surface area (Å²) in [5.74, 6) is -1.49. The first-order chi connectivity index (χ1) is 6.99. The molecule has 0 radical (unpaired) electrons. The Labute approximate surface area is 86.5 Å². The molecule has 15 heavy (non-hydrogen) atoms. The van der Waals surface area contributed by atoms with E-state index in [0.29, 0.717) is 11.3 Å². The minimum absolute atomic E-state index is 0.0400. The smallest absolute Gasteiger partial charge is 0.325 e. The third-order valence-corrected chi connectivity index (χ3v) is 2.21. The lowest BCUT2D eigenvalue weighted by molar-refractivity contribution is -0.138. The van der Waals surface area contributed by atoms with Crippen molar-refractivity contribution in [3.05, 3.63) is 29.1 Å². The van der Waals surface area contributed by atoms with Gasteiger partial charge in [-0.2, -0.15) is 0 Å². The second-order valence-electron chi connectivity index (χ2n) is 3.10. The van der Waals surface area contributed by atoms with Crippen LogP contribution in [-0.2, 0) is 4.79 Å². The molecule has 3 N–H and O–H groups in total. The number of carboxylic acid groups (broad SMARTS) is 1. The molecule has 5 heteroatoms. The van der Waals surface area contributed by atoms with Gasteiger partial charge in [0.05, 0.1) is 7.11 Å². The second kappa shape index (κ2) is 4.27. The number of hydrogen-bond donors (Lipinski definition) is 2. The molecular formula is C10H12FNO3. The number of ether oxygens (including phenoxy) is 1. The monoisotopic (exact) mass is 213 g/mol. The van der Waals surface area contributed by atoms with Crippen LogP contribution in [0.2, 0.25) is 0 Å². The number of benzene rings is 1. The molecule has 1 unspecified atom stereocenters. The van der Waals surface area contributed by atoms with E-state index >= 15 is 0 Å². The van der Waals surface area contributed by atoms with Gasteiger partial charge in [-0.25, -0.2) is 4.39 Å². The van der Waals surface area contributed by atoms with Gasteiger partial charge in [0.15, 0.2) is 0 Å². The summed E-state index contributed by atoms with van der Waals surface area (Å²) >= 11 is 0. The molecule has 4 nitrogen and oxygen atoms in total. The molecule has 0 bridgehead atoms. The number of carbonyl (C=O) groups is 1. The number of aliphatic carboxylic acids is 1. The predicted molar refractivity (Wildman–Crippen MR) is 52.3 cm³/mol. The van der Waals surface area contributed by atoms with E-state index in [1.165, 1.54) is 13.2 Å². The molecule has 0 aromatic heterocycles. The number of carboxylic acids is 1. The third-order valence-electron chi connectivity index (χ3n) is 2.21. The largest absolute Gasteiger partial charge is 0.496 e. The Bertz CT molecular complexity index is 392. The summed E-state index contributed by atoms with van der Waals surface area (Å²) < 4.78 is 18.3. The predicted octanol–water partition coefficient (Wildman–Crippen LogP) is 1.23. The van der Waals surface area contributed by atoms with Crippen LogP contribution in [0, 0.1) is 12.7 Å². The average Bonchev–Trinajstić information content (AvgIpc) is 2.17. The van der Waals surface area contributed by atoms with Crippen LogP contribution >= 0.6 is 0 Å². The van der Waals surface area contributed by atoms with Gasteiger partial charge in [-0.3, -0.25) is 4.79 Å². The van der Waals surface area contributed by atoms with Crippen LogP contribution in [0.4, 0.5) is 4.39 Å². The van der Waals surface area contributed by atoms with Crippen LogP contribution in [0.5, 0.6) is 5.75 Å². The fourth-order valence-corrected chi connectivity index (χ4v) is 1.40. The molecule has 0 aliphatic heterocycles. The first kappa shape index (κ1) is 11.5. The fourth-order valence-electron chi connectivity index (χ4n) is 1.40. The highest BCUT2D eigenvalue weighted by atomic mass is 19.1. The first-order valence-electron chi connectivity index (χ1n) is 4.30. The zero-order valence-corrected chi connectivity index (χ0v) is 8.45. The normalized spacial score (nSPS) is 12.3. The molecule has 1 aromatic carbocycles. The maximum atomic E-state index is 13.4. The Morgan fingerprint density at radius 1 is 1.60 bits per heavy atom. The van der Waals surface area contributed by atoms with Crippen LogP contribution in [0.1, 0.15) is 17.2 Å². The second-order valence-corrected chi connectivity index (χ2v) is 3.10. The number of halogens is 1. The minimum atomic E-state index is -1.37. The van der Waals surface area contributed by atoms with E-state index in [1.807, 2.05) is 0 Å². The van der Waals surface area contributed by atoms with Crippen LogP contribution in [0.15, 0.2) is 12.1 Å². The highest BCUT2D eigenvalue weighted by Gasteiger charge is 2.22. The lowest BCUT2D eigenvalue weighted by Gasteiger charge is -2.14. The van der Waals surface area contributed by atoms with Gasteiger partial charge < -0.3 is 15.6 Å². The molecule has 0 spiro atoms. The van der Waals surface area contributed by atoms with Crippen molar-refractivity contribution in [3.8, 4) is 5.75 Å². The van der Waals surface area contributed by atoms with Crippen molar-refractivity contribution in [1.82, 2.24) is 0 Å². The molecular weight excluding hydrogens is 201 g/mol. The summed E-state index contributed by atoms with van der Waals surface area (Å²) in [6, 6.07) is 1.20. The van der Waals surface area contributed by atoms with E-state index in [2.05, 4.69) is 0 Å². The van der Waals surface area contributed by atoms with Crippen molar-refractivity contribution in [2.45, 2.75) is 13.0 Å². The lowest BCUT2D eigenvalue weighted by atomic mass is 10.0. The third kappa shape index (κ3) is 2.07. The van der Waals surface area contributed by atoms with Gasteiger partial charge in [-0.15, -0.1) is 0 Å². The topological polar surface area (TPSA) is 72.5 Å². The molecule has 82 valence electrons. The summed E-state index contributed by atoms with van der Waals surface area (Å²) in [4.78, 5) is 10.7.